The van der Waals surface area contributed by atoms with Gasteiger partial charge < -0.3 is 10.5 Å². The fraction of sp³-hybridized carbons (Fsp3) is 0.667. The molecular weight excluding hydrogens is 246 g/mol. The molecule has 1 aromatic rings. The van der Waals surface area contributed by atoms with Gasteiger partial charge in [-0.05, 0) is 36.7 Å². The Hall–Kier alpha value is -1.02. The molecule has 0 saturated heterocycles. The van der Waals surface area contributed by atoms with Crippen LogP contribution in [-0.2, 0) is 12.0 Å². The highest BCUT2D eigenvalue weighted by atomic mass is 16.5. The molecule has 0 bridgehead atoms. The molecule has 2 heteroatoms. The molecule has 2 atom stereocenters. The third kappa shape index (κ3) is 2.58. The molecule has 2 nitrogen and oxygen atoms in total. The molecule has 20 heavy (non-hydrogen) atoms. The lowest BCUT2D eigenvalue weighted by atomic mass is 9.70. The number of hydrogen-bond acceptors (Lipinski definition) is 2. The average molecular weight is 273 g/mol. The van der Waals surface area contributed by atoms with E-state index in [0.717, 1.165) is 43.5 Å². The van der Waals surface area contributed by atoms with Crippen LogP contribution in [0.15, 0.2) is 18.2 Å². The summed E-state index contributed by atoms with van der Waals surface area (Å²) >= 11 is 0. The minimum Gasteiger partial charge on any atom is -0.493 e. The van der Waals surface area contributed by atoms with Crippen LogP contribution >= 0.6 is 0 Å². The van der Waals surface area contributed by atoms with E-state index >= 15 is 0 Å². The topological polar surface area (TPSA) is 35.2 Å². The quantitative estimate of drug-likeness (QED) is 0.903. The molecule has 1 aliphatic carbocycles. The monoisotopic (exact) mass is 273 g/mol. The number of rotatable bonds is 3. The van der Waals surface area contributed by atoms with Crippen LogP contribution in [0.1, 0.15) is 57.1 Å². The highest BCUT2D eigenvalue weighted by molar-refractivity contribution is 5.47. The second-order valence-electron chi connectivity index (χ2n) is 7.14. The van der Waals surface area contributed by atoms with Gasteiger partial charge in [0, 0.05) is 17.5 Å². The number of ether oxygens (including phenoxy) is 1. The number of hydrogen-bond donors (Lipinski definition) is 1. The molecule has 110 valence electrons. The van der Waals surface area contributed by atoms with E-state index in [1.807, 2.05) is 0 Å². The number of benzene rings is 1. The van der Waals surface area contributed by atoms with Crippen molar-refractivity contribution in [3.8, 4) is 5.75 Å². The normalized spacial score (nSPS) is 29.3. The zero-order valence-corrected chi connectivity index (χ0v) is 12.8. The van der Waals surface area contributed by atoms with Crippen LogP contribution < -0.4 is 10.5 Å². The van der Waals surface area contributed by atoms with Gasteiger partial charge in [0.1, 0.15) is 5.75 Å². The first-order valence-electron chi connectivity index (χ1n) is 8.12. The molecule has 2 unspecified atom stereocenters. The molecular formula is C18H27NO. The summed E-state index contributed by atoms with van der Waals surface area (Å²) in [5.74, 6) is 2.63. The van der Waals surface area contributed by atoms with Gasteiger partial charge in [-0.2, -0.15) is 0 Å². The van der Waals surface area contributed by atoms with Crippen LogP contribution in [-0.4, -0.2) is 6.61 Å². The van der Waals surface area contributed by atoms with E-state index in [-0.39, 0.29) is 5.54 Å². The molecule has 1 fully saturated rings. The lowest BCUT2D eigenvalue weighted by Gasteiger charge is -2.39. The van der Waals surface area contributed by atoms with Gasteiger partial charge in [0.15, 0.2) is 0 Å². The maximum atomic E-state index is 6.84. The SMILES string of the molecule is CC(C)CC1CCCC(N)(c2cccc3c2OCC3)C1. The van der Waals surface area contributed by atoms with Crippen LogP contribution in [0.25, 0.3) is 0 Å². The van der Waals surface area contributed by atoms with Crippen LogP contribution in [0, 0.1) is 11.8 Å². The molecule has 0 spiro atoms. The lowest BCUT2D eigenvalue weighted by molar-refractivity contribution is 0.197. The van der Waals surface area contributed by atoms with Crippen molar-refractivity contribution in [2.45, 2.75) is 57.9 Å². The van der Waals surface area contributed by atoms with Gasteiger partial charge in [-0.3, -0.25) is 0 Å². The zero-order valence-electron chi connectivity index (χ0n) is 12.8. The molecule has 1 aliphatic heterocycles. The first-order chi connectivity index (χ1) is 9.58. The molecule has 3 rings (SSSR count). The van der Waals surface area contributed by atoms with E-state index in [1.54, 1.807) is 0 Å². The fourth-order valence-corrected chi connectivity index (χ4v) is 4.15. The van der Waals surface area contributed by atoms with Crippen molar-refractivity contribution in [3.05, 3.63) is 29.3 Å². The predicted molar refractivity (Wildman–Crippen MR) is 82.9 cm³/mol. The number of fused-ring (bicyclic) bond motifs is 1. The average Bonchev–Trinajstić information content (AvgIpc) is 2.85. The molecule has 1 heterocycles. The Morgan fingerprint density at radius 1 is 1.40 bits per heavy atom. The molecule has 0 radical (unpaired) electrons. The Kier molecular flexibility index (Phi) is 3.76. The Labute approximate surface area is 122 Å². The number of para-hydroxylation sites is 1. The van der Waals surface area contributed by atoms with E-state index < -0.39 is 0 Å². The minimum absolute atomic E-state index is 0.173. The summed E-state index contributed by atoms with van der Waals surface area (Å²) in [5, 5.41) is 0. The fourth-order valence-electron chi connectivity index (χ4n) is 4.15. The summed E-state index contributed by atoms with van der Waals surface area (Å²) in [6.07, 6.45) is 7.14. The standard InChI is InChI=1S/C18H27NO/c1-13(2)11-14-5-4-9-18(19,12-14)16-7-3-6-15-8-10-20-17(15)16/h3,6-7,13-14H,4-5,8-12,19H2,1-2H3. The summed E-state index contributed by atoms with van der Waals surface area (Å²) in [6, 6.07) is 6.54. The van der Waals surface area contributed by atoms with Crippen molar-refractivity contribution in [3.63, 3.8) is 0 Å². The van der Waals surface area contributed by atoms with Gasteiger partial charge in [0.25, 0.3) is 0 Å². The summed E-state index contributed by atoms with van der Waals surface area (Å²) in [5.41, 5.74) is 9.28. The Bertz CT molecular complexity index is 482. The Morgan fingerprint density at radius 3 is 3.05 bits per heavy atom. The molecule has 2 N–H and O–H groups in total. The van der Waals surface area contributed by atoms with E-state index in [2.05, 4.69) is 32.0 Å². The molecule has 0 aromatic heterocycles. The van der Waals surface area contributed by atoms with E-state index in [4.69, 9.17) is 10.5 Å². The van der Waals surface area contributed by atoms with Crippen molar-refractivity contribution in [2.24, 2.45) is 17.6 Å². The van der Waals surface area contributed by atoms with Crippen molar-refractivity contribution < 1.29 is 4.74 Å². The minimum atomic E-state index is -0.173. The first kappa shape index (κ1) is 13.9. The Balaban J connectivity index is 1.86. The smallest absolute Gasteiger partial charge is 0.127 e. The second kappa shape index (κ2) is 5.40. The molecule has 1 aromatic carbocycles. The second-order valence-corrected chi connectivity index (χ2v) is 7.14. The summed E-state index contributed by atoms with van der Waals surface area (Å²) in [6.45, 7) is 5.45. The van der Waals surface area contributed by atoms with Crippen molar-refractivity contribution in [2.75, 3.05) is 6.61 Å². The Morgan fingerprint density at radius 2 is 2.25 bits per heavy atom. The lowest BCUT2D eigenvalue weighted by Crippen LogP contribution is -2.42. The first-order valence-corrected chi connectivity index (χ1v) is 8.12. The highest BCUT2D eigenvalue weighted by Crippen LogP contribution is 2.45. The summed E-state index contributed by atoms with van der Waals surface area (Å²) < 4.78 is 5.88. The van der Waals surface area contributed by atoms with Crippen LogP contribution in [0.2, 0.25) is 0 Å². The highest BCUT2D eigenvalue weighted by Gasteiger charge is 2.37. The van der Waals surface area contributed by atoms with Gasteiger partial charge in [-0.1, -0.05) is 44.9 Å². The van der Waals surface area contributed by atoms with Gasteiger partial charge in [0.2, 0.25) is 0 Å². The zero-order chi connectivity index (χ0) is 14.2. The summed E-state index contributed by atoms with van der Waals surface area (Å²) in [4.78, 5) is 0. The predicted octanol–water partition coefficient (Wildman–Crippen LogP) is 4.01. The largest absolute Gasteiger partial charge is 0.493 e. The van der Waals surface area contributed by atoms with Crippen molar-refractivity contribution >= 4 is 0 Å². The van der Waals surface area contributed by atoms with Gasteiger partial charge >= 0.3 is 0 Å². The van der Waals surface area contributed by atoms with Crippen LogP contribution in [0.5, 0.6) is 5.75 Å². The summed E-state index contributed by atoms with van der Waals surface area (Å²) in [7, 11) is 0. The molecule has 2 aliphatic rings. The molecule has 0 amide bonds. The van der Waals surface area contributed by atoms with Gasteiger partial charge in [0.05, 0.1) is 6.61 Å². The number of nitrogens with two attached hydrogens (primary N) is 1. The maximum absolute atomic E-state index is 6.84. The van der Waals surface area contributed by atoms with Gasteiger partial charge in [-0.15, -0.1) is 0 Å². The van der Waals surface area contributed by atoms with E-state index in [1.165, 1.54) is 30.4 Å². The van der Waals surface area contributed by atoms with Gasteiger partial charge in [-0.25, -0.2) is 0 Å². The van der Waals surface area contributed by atoms with Crippen molar-refractivity contribution in [1.29, 1.82) is 0 Å². The van der Waals surface area contributed by atoms with Crippen molar-refractivity contribution in [1.82, 2.24) is 0 Å². The maximum Gasteiger partial charge on any atom is 0.127 e. The van der Waals surface area contributed by atoms with Crippen LogP contribution in [0.3, 0.4) is 0 Å². The molecule has 1 saturated carbocycles. The third-order valence-electron chi connectivity index (χ3n) is 4.94. The third-order valence-corrected chi connectivity index (χ3v) is 4.94. The van der Waals surface area contributed by atoms with E-state index in [9.17, 15) is 0 Å². The van der Waals surface area contributed by atoms with E-state index in [0.29, 0.717) is 0 Å². The van der Waals surface area contributed by atoms with Crippen LogP contribution in [0.4, 0.5) is 0 Å².